The van der Waals surface area contributed by atoms with Crippen molar-refractivity contribution in [3.05, 3.63) is 28.3 Å². The molecular weight excluding hydrogens is 266 g/mol. The maximum absolute atomic E-state index is 11.3. The van der Waals surface area contributed by atoms with Crippen molar-refractivity contribution < 1.29 is 23.9 Å². The van der Waals surface area contributed by atoms with Crippen molar-refractivity contribution in [2.75, 3.05) is 20.8 Å². The van der Waals surface area contributed by atoms with Crippen LogP contribution >= 0.6 is 0 Å². The van der Waals surface area contributed by atoms with E-state index in [-0.39, 0.29) is 23.5 Å². The van der Waals surface area contributed by atoms with Gasteiger partial charge in [0.15, 0.2) is 0 Å². The number of methoxy groups -OCH3 is 2. The van der Waals surface area contributed by atoms with Crippen LogP contribution in [0.5, 0.6) is 11.5 Å². The predicted octanol–water partition coefficient (Wildman–Crippen LogP) is 1.79. The van der Waals surface area contributed by atoms with Gasteiger partial charge in [0.2, 0.25) is 0 Å². The maximum atomic E-state index is 11.3. The number of nitro benzene ring substituents is 1. The largest absolute Gasteiger partial charge is 0.496 e. The molecule has 7 nitrogen and oxygen atoms in total. The molecule has 0 radical (unpaired) electrons. The highest BCUT2D eigenvalue weighted by Gasteiger charge is 2.44. The molecule has 1 aromatic rings. The zero-order chi connectivity index (χ0) is 14.7. The Balaban J connectivity index is 1.98. The highest BCUT2D eigenvalue weighted by molar-refractivity contribution is 5.75. The van der Waals surface area contributed by atoms with Gasteiger partial charge in [-0.2, -0.15) is 0 Å². The van der Waals surface area contributed by atoms with E-state index in [1.807, 2.05) is 0 Å². The SMILES string of the molecule is COC(=O)C1CC1COc1cc(OC)cc([N+](=O)[O-])c1. The van der Waals surface area contributed by atoms with E-state index in [0.29, 0.717) is 18.1 Å². The monoisotopic (exact) mass is 281 g/mol. The number of nitro groups is 1. The number of hydrogen-bond acceptors (Lipinski definition) is 6. The molecule has 2 unspecified atom stereocenters. The van der Waals surface area contributed by atoms with Crippen LogP contribution < -0.4 is 9.47 Å². The van der Waals surface area contributed by atoms with Gasteiger partial charge in [-0.05, 0) is 6.42 Å². The van der Waals surface area contributed by atoms with E-state index >= 15 is 0 Å². The van der Waals surface area contributed by atoms with Crippen LogP contribution in [0.15, 0.2) is 18.2 Å². The molecule has 0 amide bonds. The Morgan fingerprint density at radius 1 is 1.35 bits per heavy atom. The minimum absolute atomic E-state index is 0.0975. The summed E-state index contributed by atoms with van der Waals surface area (Å²) >= 11 is 0. The van der Waals surface area contributed by atoms with E-state index in [9.17, 15) is 14.9 Å². The first-order chi connectivity index (χ1) is 9.55. The molecular formula is C13H15NO6. The number of rotatable bonds is 6. The van der Waals surface area contributed by atoms with Crippen LogP contribution in [0.1, 0.15) is 6.42 Å². The first-order valence-electron chi connectivity index (χ1n) is 6.09. The molecule has 108 valence electrons. The number of hydrogen-bond donors (Lipinski definition) is 0. The second-order valence-electron chi connectivity index (χ2n) is 4.56. The van der Waals surface area contributed by atoms with Crippen molar-refractivity contribution in [2.24, 2.45) is 11.8 Å². The van der Waals surface area contributed by atoms with Crippen molar-refractivity contribution in [1.29, 1.82) is 0 Å². The Hall–Kier alpha value is -2.31. The Bertz CT molecular complexity index is 530. The molecule has 0 aliphatic heterocycles. The molecule has 1 aliphatic carbocycles. The van der Waals surface area contributed by atoms with Crippen molar-refractivity contribution in [2.45, 2.75) is 6.42 Å². The summed E-state index contributed by atoms with van der Waals surface area (Å²) in [7, 11) is 2.78. The number of ether oxygens (including phenoxy) is 3. The molecule has 0 N–H and O–H groups in total. The molecule has 2 atom stereocenters. The second kappa shape index (κ2) is 5.77. The molecule has 20 heavy (non-hydrogen) atoms. The van der Waals surface area contributed by atoms with E-state index in [2.05, 4.69) is 4.74 Å². The molecule has 0 saturated heterocycles. The summed E-state index contributed by atoms with van der Waals surface area (Å²) in [4.78, 5) is 21.5. The Kier molecular flexibility index (Phi) is 4.07. The molecule has 2 rings (SSSR count). The van der Waals surface area contributed by atoms with Gasteiger partial charge >= 0.3 is 5.97 Å². The lowest BCUT2D eigenvalue weighted by Crippen LogP contribution is -2.08. The standard InChI is InChI=1S/C13H15NO6/c1-18-10-4-9(14(16)17)5-11(6-10)20-7-8-3-12(8)13(15)19-2/h4-6,8,12H,3,7H2,1-2H3. The van der Waals surface area contributed by atoms with Gasteiger partial charge in [0.25, 0.3) is 5.69 Å². The van der Waals surface area contributed by atoms with E-state index in [1.54, 1.807) is 6.07 Å². The van der Waals surface area contributed by atoms with E-state index in [4.69, 9.17) is 9.47 Å². The van der Waals surface area contributed by atoms with Crippen LogP contribution in [0.3, 0.4) is 0 Å². The first-order valence-corrected chi connectivity index (χ1v) is 6.09. The number of nitrogens with zero attached hydrogens (tertiary/aromatic N) is 1. The van der Waals surface area contributed by atoms with Gasteiger partial charge in [0, 0.05) is 12.0 Å². The molecule has 0 aromatic heterocycles. The van der Waals surface area contributed by atoms with Gasteiger partial charge in [-0.3, -0.25) is 14.9 Å². The summed E-state index contributed by atoms with van der Waals surface area (Å²) in [5.74, 6) is 0.449. The molecule has 1 saturated carbocycles. The molecule has 7 heteroatoms. The predicted molar refractivity (Wildman–Crippen MR) is 68.8 cm³/mol. The van der Waals surface area contributed by atoms with Crippen LogP contribution in [0.4, 0.5) is 5.69 Å². The lowest BCUT2D eigenvalue weighted by atomic mass is 10.3. The number of carbonyl (C=O) groups is 1. The lowest BCUT2D eigenvalue weighted by molar-refractivity contribution is -0.385. The fourth-order valence-corrected chi connectivity index (χ4v) is 1.94. The van der Waals surface area contributed by atoms with Crippen LogP contribution in [-0.2, 0) is 9.53 Å². The summed E-state index contributed by atoms with van der Waals surface area (Å²) in [5, 5.41) is 10.8. The number of esters is 1. The average Bonchev–Trinajstić information content (AvgIpc) is 3.23. The molecule has 1 aliphatic rings. The molecule has 0 spiro atoms. The fourth-order valence-electron chi connectivity index (χ4n) is 1.94. The second-order valence-corrected chi connectivity index (χ2v) is 4.56. The summed E-state index contributed by atoms with van der Waals surface area (Å²) in [6, 6.07) is 4.22. The van der Waals surface area contributed by atoms with Crippen LogP contribution in [0.25, 0.3) is 0 Å². The van der Waals surface area contributed by atoms with Crippen LogP contribution in [0, 0.1) is 22.0 Å². The lowest BCUT2D eigenvalue weighted by Gasteiger charge is -2.07. The van der Waals surface area contributed by atoms with Crippen LogP contribution in [0.2, 0.25) is 0 Å². The summed E-state index contributed by atoms with van der Waals surface area (Å²) in [6.45, 7) is 0.324. The highest BCUT2D eigenvalue weighted by atomic mass is 16.6. The van der Waals surface area contributed by atoms with Crippen molar-refractivity contribution in [3.8, 4) is 11.5 Å². The maximum Gasteiger partial charge on any atom is 0.309 e. The molecule has 0 bridgehead atoms. The van der Waals surface area contributed by atoms with Gasteiger partial charge in [-0.15, -0.1) is 0 Å². The van der Waals surface area contributed by atoms with E-state index in [0.717, 1.165) is 6.42 Å². The van der Waals surface area contributed by atoms with Crippen molar-refractivity contribution in [1.82, 2.24) is 0 Å². The minimum Gasteiger partial charge on any atom is -0.496 e. The average molecular weight is 281 g/mol. The van der Waals surface area contributed by atoms with Crippen molar-refractivity contribution >= 4 is 11.7 Å². The summed E-state index contributed by atoms with van der Waals surface area (Å²) in [5.41, 5.74) is -0.0975. The third-order valence-electron chi connectivity index (χ3n) is 3.20. The van der Waals surface area contributed by atoms with Gasteiger partial charge in [-0.25, -0.2) is 0 Å². The number of benzene rings is 1. The third kappa shape index (κ3) is 3.17. The zero-order valence-corrected chi connectivity index (χ0v) is 11.2. The normalized spacial score (nSPS) is 20.1. The quantitative estimate of drug-likeness (QED) is 0.449. The Labute approximate surface area is 115 Å². The Morgan fingerprint density at radius 2 is 2.05 bits per heavy atom. The number of non-ortho nitro benzene ring substituents is 1. The fraction of sp³-hybridized carbons (Fsp3) is 0.462. The van der Waals surface area contributed by atoms with Gasteiger partial charge in [0.05, 0.1) is 43.8 Å². The van der Waals surface area contributed by atoms with Crippen molar-refractivity contribution in [3.63, 3.8) is 0 Å². The summed E-state index contributed by atoms with van der Waals surface area (Å²) < 4.78 is 15.1. The topological polar surface area (TPSA) is 87.9 Å². The first kappa shape index (κ1) is 14.1. The number of carbonyl (C=O) groups excluding carboxylic acids is 1. The van der Waals surface area contributed by atoms with Gasteiger partial charge in [-0.1, -0.05) is 0 Å². The smallest absolute Gasteiger partial charge is 0.309 e. The zero-order valence-electron chi connectivity index (χ0n) is 11.2. The third-order valence-corrected chi connectivity index (χ3v) is 3.20. The molecule has 0 heterocycles. The Morgan fingerprint density at radius 3 is 2.65 bits per heavy atom. The summed E-state index contributed by atoms with van der Waals surface area (Å²) in [6.07, 6.45) is 0.721. The molecule has 1 aromatic carbocycles. The van der Waals surface area contributed by atoms with Gasteiger partial charge in [0.1, 0.15) is 11.5 Å². The van der Waals surface area contributed by atoms with E-state index < -0.39 is 4.92 Å². The minimum atomic E-state index is -0.510. The van der Waals surface area contributed by atoms with Gasteiger partial charge < -0.3 is 14.2 Å². The van der Waals surface area contributed by atoms with E-state index in [1.165, 1.54) is 26.4 Å². The van der Waals surface area contributed by atoms with Crippen LogP contribution in [-0.4, -0.2) is 31.7 Å². The highest BCUT2D eigenvalue weighted by Crippen LogP contribution is 2.40. The molecule has 1 fully saturated rings.